The van der Waals surface area contributed by atoms with Gasteiger partial charge in [0.15, 0.2) is 0 Å². The summed E-state index contributed by atoms with van der Waals surface area (Å²) in [4.78, 5) is 45.3. The van der Waals surface area contributed by atoms with E-state index >= 15 is 0 Å². The molecule has 1 aliphatic rings. The molecule has 0 atom stereocenters. The molecule has 0 saturated heterocycles. The number of carbonyl (C=O) groups is 3. The molecule has 2 heterocycles. The number of aliphatic carboxylic acids is 3. The number of hydrogen-bond donors (Lipinski definition) is 3. The first-order chi connectivity index (χ1) is 15.2. The van der Waals surface area contributed by atoms with Crippen LogP contribution in [0.5, 0.6) is 0 Å². The number of carboxylic acid groups (broad SMARTS) is 3. The normalized spacial score (nSPS) is 17.9. The lowest BCUT2D eigenvalue weighted by Gasteiger charge is -2.31. The standard InChI is InChI=1S/C20H28BrN5O6/c21-17-3-1-2-16(22-17)12-23-4-6-24(13-18(27)28)8-10-26(15-20(31)32)11-9-25(7-5-23)14-19(29)30/h1-3,8,10H,4-7,9,11-15H2,(H,27,28)(H,29,30)(H,31,32)/b10-8-. The van der Waals surface area contributed by atoms with Crippen LogP contribution in [0.25, 0.3) is 0 Å². The quantitative estimate of drug-likeness (QED) is 0.413. The van der Waals surface area contributed by atoms with Crippen molar-refractivity contribution in [2.24, 2.45) is 0 Å². The van der Waals surface area contributed by atoms with E-state index in [0.29, 0.717) is 50.4 Å². The van der Waals surface area contributed by atoms with Crippen LogP contribution in [0.15, 0.2) is 35.2 Å². The zero-order chi connectivity index (χ0) is 23.5. The molecule has 0 amide bonds. The summed E-state index contributed by atoms with van der Waals surface area (Å²) in [7, 11) is 0. The Balaban J connectivity index is 2.22. The maximum atomic E-state index is 11.3. The van der Waals surface area contributed by atoms with E-state index in [4.69, 9.17) is 5.11 Å². The maximum Gasteiger partial charge on any atom is 0.323 e. The number of aromatic nitrogens is 1. The Kier molecular flexibility index (Phi) is 10.4. The third-order valence-electron chi connectivity index (χ3n) is 4.82. The van der Waals surface area contributed by atoms with E-state index in [2.05, 4.69) is 25.8 Å². The van der Waals surface area contributed by atoms with Gasteiger partial charge in [0.25, 0.3) is 0 Å². The molecule has 12 heteroatoms. The van der Waals surface area contributed by atoms with Crippen LogP contribution in [0.1, 0.15) is 5.69 Å². The average Bonchev–Trinajstić information content (AvgIpc) is 2.69. The number of halogens is 1. The van der Waals surface area contributed by atoms with Gasteiger partial charge in [-0.2, -0.15) is 0 Å². The Morgan fingerprint density at radius 1 is 0.781 bits per heavy atom. The van der Waals surface area contributed by atoms with Gasteiger partial charge in [-0.1, -0.05) is 6.07 Å². The van der Waals surface area contributed by atoms with Crippen molar-refractivity contribution in [3.05, 3.63) is 40.9 Å². The Bertz CT molecular complexity index is 823. The van der Waals surface area contributed by atoms with Crippen molar-refractivity contribution in [1.29, 1.82) is 0 Å². The summed E-state index contributed by atoms with van der Waals surface area (Å²) in [5.41, 5.74) is 0.837. The molecular formula is C20H28BrN5O6. The second-order valence-corrected chi connectivity index (χ2v) is 8.24. The molecule has 0 radical (unpaired) electrons. The molecule has 1 aliphatic heterocycles. The topological polar surface area (TPSA) is 138 Å². The van der Waals surface area contributed by atoms with Crippen molar-refractivity contribution in [1.82, 2.24) is 24.6 Å². The molecule has 176 valence electrons. The van der Waals surface area contributed by atoms with Crippen LogP contribution in [0, 0.1) is 0 Å². The van der Waals surface area contributed by atoms with E-state index in [9.17, 15) is 24.6 Å². The molecule has 1 aromatic rings. The van der Waals surface area contributed by atoms with Gasteiger partial charge in [-0.25, -0.2) is 4.98 Å². The number of rotatable bonds is 8. The summed E-state index contributed by atoms with van der Waals surface area (Å²) in [5, 5.41) is 27.7. The Hall–Kier alpha value is -2.70. The molecule has 0 saturated carbocycles. The van der Waals surface area contributed by atoms with Crippen LogP contribution in [-0.2, 0) is 20.9 Å². The molecule has 1 aromatic heterocycles. The first kappa shape index (κ1) is 25.6. The predicted molar refractivity (Wildman–Crippen MR) is 119 cm³/mol. The highest BCUT2D eigenvalue weighted by Crippen LogP contribution is 2.10. The average molecular weight is 514 g/mol. The molecule has 0 fully saturated rings. The van der Waals surface area contributed by atoms with Crippen LogP contribution in [0.4, 0.5) is 0 Å². The molecule has 0 spiro atoms. The zero-order valence-electron chi connectivity index (χ0n) is 17.6. The van der Waals surface area contributed by atoms with E-state index in [1.807, 2.05) is 18.2 Å². The molecule has 0 aliphatic carbocycles. The first-order valence-corrected chi connectivity index (χ1v) is 10.9. The van der Waals surface area contributed by atoms with Crippen molar-refractivity contribution < 1.29 is 29.7 Å². The van der Waals surface area contributed by atoms with Crippen LogP contribution >= 0.6 is 15.9 Å². The second kappa shape index (κ2) is 13.0. The SMILES string of the molecule is O=C(O)CN1/C=C\N(CC(=O)O)CCN(Cc2cccc(Br)n2)CCN(CC(=O)O)CC1. The van der Waals surface area contributed by atoms with Crippen molar-refractivity contribution in [2.45, 2.75) is 6.54 Å². The summed E-state index contributed by atoms with van der Waals surface area (Å²) in [6, 6.07) is 5.61. The van der Waals surface area contributed by atoms with Gasteiger partial charge in [0, 0.05) is 58.2 Å². The number of carboxylic acids is 3. The van der Waals surface area contributed by atoms with Crippen LogP contribution in [0.2, 0.25) is 0 Å². The molecule has 11 nitrogen and oxygen atoms in total. The highest BCUT2D eigenvalue weighted by Gasteiger charge is 2.17. The summed E-state index contributed by atoms with van der Waals surface area (Å²) in [5.74, 6) is -2.96. The minimum atomic E-state index is -1.02. The van der Waals surface area contributed by atoms with Crippen molar-refractivity contribution in [3.63, 3.8) is 0 Å². The highest BCUT2D eigenvalue weighted by molar-refractivity contribution is 9.10. The minimum Gasteiger partial charge on any atom is -0.480 e. The third kappa shape index (κ3) is 10.1. The monoisotopic (exact) mass is 513 g/mol. The van der Waals surface area contributed by atoms with Crippen LogP contribution in [-0.4, -0.2) is 117 Å². The highest BCUT2D eigenvalue weighted by atomic mass is 79.9. The van der Waals surface area contributed by atoms with Crippen molar-refractivity contribution in [2.75, 3.05) is 58.9 Å². The lowest BCUT2D eigenvalue weighted by Crippen LogP contribution is -2.44. The van der Waals surface area contributed by atoms with Gasteiger partial charge < -0.3 is 25.1 Å². The molecule has 0 bridgehead atoms. The van der Waals surface area contributed by atoms with E-state index < -0.39 is 17.9 Å². The number of hydrogen-bond acceptors (Lipinski definition) is 8. The van der Waals surface area contributed by atoms with Gasteiger partial charge in [-0.05, 0) is 28.1 Å². The van der Waals surface area contributed by atoms with Crippen LogP contribution in [0.3, 0.4) is 0 Å². The zero-order valence-corrected chi connectivity index (χ0v) is 19.2. The molecule has 0 aromatic carbocycles. The molecule has 2 rings (SSSR count). The Morgan fingerprint density at radius 3 is 1.81 bits per heavy atom. The largest absolute Gasteiger partial charge is 0.480 e. The second-order valence-electron chi connectivity index (χ2n) is 7.42. The first-order valence-electron chi connectivity index (χ1n) is 10.1. The smallest absolute Gasteiger partial charge is 0.323 e. The fraction of sp³-hybridized carbons (Fsp3) is 0.500. The molecule has 3 N–H and O–H groups in total. The third-order valence-corrected chi connectivity index (χ3v) is 5.26. The van der Waals surface area contributed by atoms with Crippen molar-refractivity contribution >= 4 is 33.8 Å². The van der Waals surface area contributed by atoms with Gasteiger partial charge in [0.05, 0.1) is 12.2 Å². The van der Waals surface area contributed by atoms with E-state index in [-0.39, 0.29) is 19.6 Å². The molecular weight excluding hydrogens is 486 g/mol. The fourth-order valence-corrected chi connectivity index (χ4v) is 3.65. The minimum absolute atomic E-state index is 0.154. The van der Waals surface area contributed by atoms with Crippen LogP contribution < -0.4 is 0 Å². The Labute approximate surface area is 194 Å². The summed E-state index contributed by atoms with van der Waals surface area (Å²) >= 11 is 3.36. The van der Waals surface area contributed by atoms with Gasteiger partial charge in [0.2, 0.25) is 0 Å². The van der Waals surface area contributed by atoms with Crippen molar-refractivity contribution in [3.8, 4) is 0 Å². The number of nitrogens with zero attached hydrogens (tertiary/aromatic N) is 5. The molecule has 32 heavy (non-hydrogen) atoms. The fourth-order valence-electron chi connectivity index (χ4n) is 3.27. The van der Waals surface area contributed by atoms with Gasteiger partial charge >= 0.3 is 17.9 Å². The van der Waals surface area contributed by atoms with Gasteiger partial charge in [0.1, 0.15) is 17.7 Å². The number of pyridine rings is 1. The van der Waals surface area contributed by atoms with E-state index in [1.165, 1.54) is 4.90 Å². The summed E-state index contributed by atoms with van der Waals surface area (Å²) in [6.07, 6.45) is 3.13. The lowest BCUT2D eigenvalue weighted by atomic mass is 10.3. The summed E-state index contributed by atoms with van der Waals surface area (Å²) < 4.78 is 0.714. The van der Waals surface area contributed by atoms with Gasteiger partial charge in [-0.3, -0.25) is 24.2 Å². The summed E-state index contributed by atoms with van der Waals surface area (Å²) in [6.45, 7) is 2.46. The van der Waals surface area contributed by atoms with E-state index in [1.54, 1.807) is 22.2 Å². The molecule has 0 unspecified atom stereocenters. The van der Waals surface area contributed by atoms with E-state index in [0.717, 1.165) is 5.69 Å². The lowest BCUT2D eigenvalue weighted by molar-refractivity contribution is -0.139. The maximum absolute atomic E-state index is 11.3. The van der Waals surface area contributed by atoms with Gasteiger partial charge in [-0.15, -0.1) is 0 Å². The predicted octanol–water partition coefficient (Wildman–Crippen LogP) is 0.291. The Morgan fingerprint density at radius 2 is 1.28 bits per heavy atom.